The molecule has 0 unspecified atom stereocenters. The minimum absolute atomic E-state index is 0. The largest absolute Gasteiger partial charge is 0.300 e. The second-order valence-corrected chi connectivity index (χ2v) is 4.62. The smallest absolute Gasteiger partial charge is 0.132 e. The van der Waals surface area contributed by atoms with Crippen LogP contribution in [0.1, 0.15) is 28.2 Å². The van der Waals surface area contributed by atoms with Gasteiger partial charge in [-0.3, -0.25) is 4.79 Å². The van der Waals surface area contributed by atoms with Gasteiger partial charge in [-0.1, -0.05) is 38.6 Å². The third-order valence-corrected chi connectivity index (χ3v) is 2.84. The molecule has 0 N–H and O–H groups in total. The standard InChI is InChI=1S/C6H4IN3.C5H10O.CH4/c7-10-6-4-2-1-3-5(6)8-9-10;1-4(2)5(3)6;/h1-4H;4H,1-3H3;1H4. The third kappa shape index (κ3) is 4.80. The van der Waals surface area contributed by atoms with Crippen LogP contribution in [0.4, 0.5) is 0 Å². The van der Waals surface area contributed by atoms with Crippen LogP contribution in [0.15, 0.2) is 24.3 Å². The van der Waals surface area contributed by atoms with Crippen molar-refractivity contribution in [2.75, 3.05) is 0 Å². The highest BCUT2D eigenvalue weighted by molar-refractivity contribution is 14.1. The molecule has 0 fully saturated rings. The van der Waals surface area contributed by atoms with Crippen molar-refractivity contribution in [2.45, 2.75) is 28.2 Å². The number of aromatic nitrogens is 3. The van der Waals surface area contributed by atoms with Gasteiger partial charge in [-0.25, -0.2) is 0 Å². The van der Waals surface area contributed by atoms with Gasteiger partial charge in [-0.2, -0.15) is 2.90 Å². The van der Waals surface area contributed by atoms with E-state index < -0.39 is 0 Å². The Bertz CT molecular complexity index is 479. The molecule has 0 radical (unpaired) electrons. The lowest BCUT2D eigenvalue weighted by molar-refractivity contribution is -0.119. The second-order valence-electron chi connectivity index (χ2n) is 3.70. The number of carbonyl (C=O) groups excluding carboxylic acids is 1. The second kappa shape index (κ2) is 7.37. The number of Topliss-reactive ketones (excluding diaryl/α,β-unsaturated/α-hetero) is 1. The number of carbonyl (C=O) groups is 1. The van der Waals surface area contributed by atoms with E-state index in [0.717, 1.165) is 11.0 Å². The molecule has 2 rings (SSSR count). The summed E-state index contributed by atoms with van der Waals surface area (Å²) in [4.78, 5) is 10.1. The minimum atomic E-state index is 0. The van der Waals surface area contributed by atoms with E-state index in [1.165, 1.54) is 0 Å². The van der Waals surface area contributed by atoms with Crippen molar-refractivity contribution in [3.63, 3.8) is 0 Å². The normalized spacial score (nSPS) is 9.47. The zero-order valence-corrected chi connectivity index (χ0v) is 11.7. The molecule has 0 aliphatic heterocycles. The number of ketones is 1. The van der Waals surface area contributed by atoms with Gasteiger partial charge in [0.25, 0.3) is 0 Å². The fourth-order valence-corrected chi connectivity index (χ4v) is 1.34. The highest BCUT2D eigenvalue weighted by Gasteiger charge is 1.97. The summed E-state index contributed by atoms with van der Waals surface area (Å²) in [6, 6.07) is 7.85. The summed E-state index contributed by atoms with van der Waals surface area (Å²) in [5, 5.41) is 7.77. The van der Waals surface area contributed by atoms with Crippen LogP contribution in [0.25, 0.3) is 11.0 Å². The summed E-state index contributed by atoms with van der Waals surface area (Å²) in [6.45, 7) is 5.38. The van der Waals surface area contributed by atoms with Crippen LogP contribution >= 0.6 is 22.9 Å². The van der Waals surface area contributed by atoms with Crippen LogP contribution in [0.2, 0.25) is 0 Å². The van der Waals surface area contributed by atoms with Crippen LogP contribution in [0, 0.1) is 5.92 Å². The van der Waals surface area contributed by atoms with Crippen LogP contribution in [-0.4, -0.2) is 19.0 Å². The molecule has 0 bridgehead atoms. The van der Waals surface area contributed by atoms with E-state index in [9.17, 15) is 4.79 Å². The van der Waals surface area contributed by atoms with Gasteiger partial charge < -0.3 is 0 Å². The molecule has 94 valence electrons. The number of benzene rings is 1. The number of para-hydroxylation sites is 1. The maximum Gasteiger partial charge on any atom is 0.132 e. The van der Waals surface area contributed by atoms with Crippen LogP contribution < -0.4 is 0 Å². The first-order valence-electron chi connectivity index (χ1n) is 4.99. The Labute approximate surface area is 116 Å². The van der Waals surface area contributed by atoms with Gasteiger partial charge in [0.05, 0.1) is 22.9 Å². The van der Waals surface area contributed by atoms with Gasteiger partial charge in [-0.05, 0) is 19.1 Å². The molecule has 1 heterocycles. The van der Waals surface area contributed by atoms with Gasteiger partial charge >= 0.3 is 0 Å². The summed E-state index contributed by atoms with van der Waals surface area (Å²) >= 11 is 2.10. The quantitative estimate of drug-likeness (QED) is 0.742. The Hall–Kier alpha value is -0.980. The fraction of sp³-hybridized carbons (Fsp3) is 0.417. The van der Waals surface area contributed by atoms with Crippen molar-refractivity contribution < 1.29 is 4.79 Å². The van der Waals surface area contributed by atoms with Crippen molar-refractivity contribution in [1.82, 2.24) is 13.2 Å². The van der Waals surface area contributed by atoms with Crippen molar-refractivity contribution in [3.8, 4) is 0 Å². The van der Waals surface area contributed by atoms with Gasteiger partial charge in [0.1, 0.15) is 16.8 Å². The lowest BCUT2D eigenvalue weighted by Gasteiger charge is -1.90. The van der Waals surface area contributed by atoms with E-state index in [4.69, 9.17) is 0 Å². The molecule has 17 heavy (non-hydrogen) atoms. The SMILES string of the molecule is C.CC(=O)C(C)C.In1nnc2ccccc21. The fourth-order valence-electron chi connectivity index (χ4n) is 0.840. The van der Waals surface area contributed by atoms with E-state index in [2.05, 4.69) is 33.2 Å². The molecule has 0 atom stereocenters. The molecule has 0 aliphatic carbocycles. The van der Waals surface area contributed by atoms with E-state index in [0.29, 0.717) is 0 Å². The van der Waals surface area contributed by atoms with Crippen molar-refractivity contribution in [3.05, 3.63) is 24.3 Å². The number of halogens is 1. The summed E-state index contributed by atoms with van der Waals surface area (Å²) in [6.07, 6.45) is 0. The van der Waals surface area contributed by atoms with Crippen LogP contribution in [-0.2, 0) is 4.79 Å². The maximum atomic E-state index is 10.1. The number of nitrogens with zero attached hydrogens (tertiary/aromatic N) is 3. The van der Waals surface area contributed by atoms with Gasteiger partial charge in [0.15, 0.2) is 0 Å². The molecular formula is C12H18IN3O. The summed E-state index contributed by atoms with van der Waals surface area (Å²) in [5.41, 5.74) is 2.00. The van der Waals surface area contributed by atoms with E-state index in [1.54, 1.807) is 9.82 Å². The summed E-state index contributed by atoms with van der Waals surface area (Å²) in [7, 11) is 0. The van der Waals surface area contributed by atoms with Crippen molar-refractivity contribution in [2.24, 2.45) is 5.92 Å². The lowest BCUT2D eigenvalue weighted by Crippen LogP contribution is -1.98. The molecule has 0 saturated carbocycles. The Balaban J connectivity index is 0.000000324. The average Bonchev–Trinajstić information content (AvgIpc) is 2.62. The monoisotopic (exact) mass is 347 g/mol. The molecule has 4 nitrogen and oxygen atoms in total. The molecule has 0 amide bonds. The molecule has 2 aromatic rings. The van der Waals surface area contributed by atoms with Gasteiger partial charge in [-0.15, -0.1) is 5.10 Å². The molecule has 1 aromatic heterocycles. The average molecular weight is 347 g/mol. The number of hydrogen-bond donors (Lipinski definition) is 0. The molecule has 0 aliphatic rings. The molecule has 0 saturated heterocycles. The van der Waals surface area contributed by atoms with E-state index in [1.807, 2.05) is 38.1 Å². The highest BCUT2D eigenvalue weighted by Crippen LogP contribution is 2.10. The van der Waals surface area contributed by atoms with E-state index in [-0.39, 0.29) is 19.1 Å². The highest BCUT2D eigenvalue weighted by atomic mass is 127. The predicted molar refractivity (Wildman–Crippen MR) is 79.2 cm³/mol. The zero-order chi connectivity index (χ0) is 12.1. The molecule has 0 spiro atoms. The maximum absolute atomic E-state index is 10.1. The Morgan fingerprint density at radius 1 is 1.35 bits per heavy atom. The lowest BCUT2D eigenvalue weighted by atomic mass is 10.1. The van der Waals surface area contributed by atoms with Gasteiger partial charge in [0.2, 0.25) is 0 Å². The minimum Gasteiger partial charge on any atom is -0.300 e. The Morgan fingerprint density at radius 2 is 1.88 bits per heavy atom. The zero-order valence-electron chi connectivity index (χ0n) is 9.51. The van der Waals surface area contributed by atoms with Gasteiger partial charge in [0, 0.05) is 5.92 Å². The first-order valence-corrected chi connectivity index (χ1v) is 5.96. The Kier molecular flexibility index (Phi) is 6.94. The number of fused-ring (bicyclic) bond motifs is 1. The topological polar surface area (TPSA) is 47.8 Å². The van der Waals surface area contributed by atoms with Crippen molar-refractivity contribution in [1.29, 1.82) is 0 Å². The van der Waals surface area contributed by atoms with Crippen LogP contribution in [0.5, 0.6) is 0 Å². The predicted octanol–water partition coefficient (Wildman–Crippen LogP) is 3.50. The molecule has 1 aromatic carbocycles. The van der Waals surface area contributed by atoms with Crippen molar-refractivity contribution >= 4 is 39.7 Å². The molecule has 5 heteroatoms. The summed E-state index contributed by atoms with van der Waals surface area (Å²) < 4.78 is 1.73. The number of hydrogen-bond acceptors (Lipinski definition) is 3. The first-order chi connectivity index (χ1) is 7.52. The third-order valence-electron chi connectivity index (χ3n) is 2.12. The van der Waals surface area contributed by atoms with Crippen LogP contribution in [0.3, 0.4) is 0 Å². The van der Waals surface area contributed by atoms with E-state index >= 15 is 0 Å². The Morgan fingerprint density at radius 3 is 2.35 bits per heavy atom. The number of rotatable bonds is 1. The summed E-state index contributed by atoms with van der Waals surface area (Å²) in [5.74, 6) is 0.472. The first kappa shape index (κ1) is 16.0. The molecular weight excluding hydrogens is 329 g/mol.